The zero-order valence-corrected chi connectivity index (χ0v) is 21.7. The molecule has 10 heteroatoms. The van der Waals surface area contributed by atoms with Gasteiger partial charge in [-0.1, -0.05) is 72.4 Å². The van der Waals surface area contributed by atoms with Gasteiger partial charge in [0.15, 0.2) is 0 Å². The van der Waals surface area contributed by atoms with Crippen molar-refractivity contribution >= 4 is 45.9 Å². The maximum atomic E-state index is 13.8. The molecule has 0 spiro atoms. The lowest BCUT2D eigenvalue weighted by Gasteiger charge is -2.29. The molecular weight excluding hydrogens is 498 g/mol. The van der Waals surface area contributed by atoms with Crippen molar-refractivity contribution < 1.29 is 14.4 Å². The van der Waals surface area contributed by atoms with Gasteiger partial charge in [-0.25, -0.2) is 0 Å². The quantitative estimate of drug-likeness (QED) is 0.444. The van der Waals surface area contributed by atoms with E-state index in [9.17, 15) is 14.4 Å². The Kier molecular flexibility index (Phi) is 8.32. The molecule has 0 unspecified atom stereocenters. The molecule has 3 atom stereocenters. The molecular formula is C26H28ClN5O3S. The first-order valence-corrected chi connectivity index (χ1v) is 13.1. The van der Waals surface area contributed by atoms with E-state index in [1.807, 2.05) is 44.2 Å². The van der Waals surface area contributed by atoms with Crippen molar-refractivity contribution in [2.24, 2.45) is 5.92 Å². The monoisotopic (exact) mass is 525 g/mol. The summed E-state index contributed by atoms with van der Waals surface area (Å²) in [5, 5.41) is 11.1. The zero-order valence-electron chi connectivity index (χ0n) is 20.1. The Morgan fingerprint density at radius 2 is 1.86 bits per heavy atom. The van der Waals surface area contributed by atoms with E-state index in [0.29, 0.717) is 47.1 Å². The normalized spacial score (nSPS) is 16.9. The number of likely N-dealkylation sites (tertiary alicyclic amines) is 1. The number of rotatable bonds is 8. The molecule has 2 N–H and O–H groups in total. The number of hydrogen-bond acceptors (Lipinski definition) is 6. The molecule has 3 amide bonds. The number of hydrogen-bond donors (Lipinski definition) is 2. The predicted octanol–water partition coefficient (Wildman–Crippen LogP) is 4.69. The molecule has 188 valence electrons. The highest BCUT2D eigenvalue weighted by Gasteiger charge is 2.39. The minimum absolute atomic E-state index is 0.214. The smallest absolute Gasteiger partial charge is 0.250 e. The van der Waals surface area contributed by atoms with E-state index in [-0.39, 0.29) is 23.6 Å². The predicted molar refractivity (Wildman–Crippen MR) is 141 cm³/mol. The van der Waals surface area contributed by atoms with Crippen LogP contribution >= 0.6 is 23.1 Å². The highest BCUT2D eigenvalue weighted by atomic mass is 35.5. The number of nitrogens with zero attached hydrogens (tertiary/aromatic N) is 3. The van der Waals surface area contributed by atoms with Crippen molar-refractivity contribution in [2.45, 2.75) is 45.2 Å². The summed E-state index contributed by atoms with van der Waals surface area (Å²) in [6, 6.07) is 14.7. The number of nitrogens with one attached hydrogen (secondary N) is 2. The van der Waals surface area contributed by atoms with E-state index < -0.39 is 12.1 Å². The van der Waals surface area contributed by atoms with Crippen molar-refractivity contribution in [2.75, 3.05) is 11.9 Å². The molecule has 1 aromatic heterocycles. The number of carbonyl (C=O) groups excluding carboxylic acids is 3. The Morgan fingerprint density at radius 1 is 1.14 bits per heavy atom. The molecule has 0 aliphatic carbocycles. The molecule has 4 rings (SSSR count). The van der Waals surface area contributed by atoms with Crippen LogP contribution in [-0.2, 0) is 14.4 Å². The van der Waals surface area contributed by atoms with Crippen molar-refractivity contribution in [3.63, 3.8) is 0 Å². The average molecular weight is 526 g/mol. The molecule has 36 heavy (non-hydrogen) atoms. The average Bonchev–Trinajstić information content (AvgIpc) is 3.57. The third-order valence-electron chi connectivity index (χ3n) is 6.41. The molecule has 3 aromatic rings. The van der Waals surface area contributed by atoms with Crippen LogP contribution in [-0.4, -0.2) is 44.8 Å². The SMILES string of the molecule is CC[C@@H](C)C(=O)N[C@H](C(=O)N1CCC[C@H]1C(=O)Nc1snnc1-c1ccccc1)c1ccc(Cl)cc1. The van der Waals surface area contributed by atoms with Gasteiger partial charge in [-0.15, -0.1) is 5.10 Å². The molecule has 1 aliphatic rings. The van der Waals surface area contributed by atoms with Crippen LogP contribution in [0.1, 0.15) is 44.7 Å². The van der Waals surface area contributed by atoms with E-state index in [0.717, 1.165) is 17.1 Å². The highest BCUT2D eigenvalue weighted by molar-refractivity contribution is 7.10. The lowest BCUT2D eigenvalue weighted by molar-refractivity contribution is -0.140. The summed E-state index contributed by atoms with van der Waals surface area (Å²) >= 11 is 7.14. The first kappa shape index (κ1) is 25.8. The Morgan fingerprint density at radius 3 is 2.56 bits per heavy atom. The Hall–Kier alpha value is -3.30. The largest absolute Gasteiger partial charge is 0.340 e. The first-order valence-electron chi connectivity index (χ1n) is 11.9. The van der Waals surface area contributed by atoms with Crippen LogP contribution in [0.3, 0.4) is 0 Å². The Balaban J connectivity index is 1.55. The topological polar surface area (TPSA) is 104 Å². The minimum atomic E-state index is -0.915. The summed E-state index contributed by atoms with van der Waals surface area (Å²) in [5.41, 5.74) is 2.05. The van der Waals surface area contributed by atoms with Gasteiger partial charge in [-0.3, -0.25) is 14.4 Å². The Bertz CT molecular complexity index is 1220. The number of halogens is 1. The molecule has 8 nitrogen and oxygen atoms in total. The van der Waals surface area contributed by atoms with Crippen LogP contribution in [0, 0.1) is 5.92 Å². The maximum Gasteiger partial charge on any atom is 0.250 e. The summed E-state index contributed by atoms with van der Waals surface area (Å²) in [6.07, 6.45) is 1.86. The van der Waals surface area contributed by atoms with Crippen LogP contribution in [0.25, 0.3) is 11.3 Å². The molecule has 0 saturated carbocycles. The van der Waals surface area contributed by atoms with Crippen molar-refractivity contribution in [3.05, 3.63) is 65.2 Å². The van der Waals surface area contributed by atoms with Gasteiger partial charge in [-0.05, 0) is 37.0 Å². The summed E-state index contributed by atoms with van der Waals surface area (Å²) < 4.78 is 4.00. The summed E-state index contributed by atoms with van der Waals surface area (Å²) in [4.78, 5) is 41.4. The van der Waals surface area contributed by atoms with Gasteiger partial charge < -0.3 is 15.5 Å². The van der Waals surface area contributed by atoms with E-state index in [1.165, 1.54) is 0 Å². The van der Waals surface area contributed by atoms with Crippen LogP contribution in [0.2, 0.25) is 5.02 Å². The van der Waals surface area contributed by atoms with E-state index in [1.54, 1.807) is 29.2 Å². The second-order valence-corrected chi connectivity index (χ2v) is 9.99. The molecule has 1 fully saturated rings. The number of aromatic nitrogens is 2. The van der Waals surface area contributed by atoms with E-state index in [2.05, 4.69) is 20.2 Å². The fourth-order valence-corrected chi connectivity index (χ4v) is 4.86. The third kappa shape index (κ3) is 5.74. The second kappa shape index (κ2) is 11.6. The van der Waals surface area contributed by atoms with Crippen molar-refractivity contribution in [3.8, 4) is 11.3 Å². The van der Waals surface area contributed by atoms with Crippen LogP contribution in [0.4, 0.5) is 5.00 Å². The standard InChI is InChI=1S/C26H28ClN5O3S/c1-3-16(2)23(33)28-22(18-11-13-19(27)14-12-18)26(35)32-15-7-10-20(32)24(34)29-25-21(30-31-36-25)17-8-5-4-6-9-17/h4-6,8-9,11-14,16,20,22H,3,7,10,15H2,1-2H3,(H,28,33)(H,29,34)/t16-,20+,22+/m1/s1. The second-order valence-electron chi connectivity index (χ2n) is 8.80. The van der Waals surface area contributed by atoms with Crippen LogP contribution in [0.15, 0.2) is 54.6 Å². The van der Waals surface area contributed by atoms with Crippen molar-refractivity contribution in [1.29, 1.82) is 0 Å². The van der Waals surface area contributed by atoms with Crippen molar-refractivity contribution in [1.82, 2.24) is 19.8 Å². The third-order valence-corrected chi connectivity index (χ3v) is 7.30. The van der Waals surface area contributed by atoms with Gasteiger partial charge in [0.05, 0.1) is 0 Å². The van der Waals surface area contributed by atoms with E-state index in [4.69, 9.17) is 11.6 Å². The van der Waals surface area contributed by atoms with E-state index >= 15 is 0 Å². The molecule has 2 heterocycles. The van der Waals surface area contributed by atoms with Gasteiger partial charge in [0.2, 0.25) is 17.7 Å². The van der Waals surface area contributed by atoms with Gasteiger partial charge in [0.1, 0.15) is 22.8 Å². The minimum Gasteiger partial charge on any atom is -0.340 e. The Labute approximate surface area is 219 Å². The first-order chi connectivity index (χ1) is 17.4. The number of amides is 3. The zero-order chi connectivity index (χ0) is 25.7. The molecule has 1 saturated heterocycles. The summed E-state index contributed by atoms with van der Waals surface area (Å²) in [6.45, 7) is 4.16. The summed E-state index contributed by atoms with van der Waals surface area (Å²) in [7, 11) is 0. The molecule has 0 radical (unpaired) electrons. The lowest BCUT2D eigenvalue weighted by atomic mass is 10.0. The van der Waals surface area contributed by atoms with Gasteiger partial charge in [0, 0.05) is 34.6 Å². The van der Waals surface area contributed by atoms with Gasteiger partial charge in [0.25, 0.3) is 0 Å². The lowest BCUT2D eigenvalue weighted by Crippen LogP contribution is -2.49. The van der Waals surface area contributed by atoms with Gasteiger partial charge in [-0.2, -0.15) is 0 Å². The number of carbonyl (C=O) groups is 3. The summed E-state index contributed by atoms with van der Waals surface area (Å²) in [5.74, 6) is -1.08. The maximum absolute atomic E-state index is 13.8. The highest BCUT2D eigenvalue weighted by Crippen LogP contribution is 2.31. The fraction of sp³-hybridized carbons (Fsp3) is 0.346. The molecule has 1 aliphatic heterocycles. The molecule has 2 aromatic carbocycles. The number of anilines is 1. The van der Waals surface area contributed by atoms with Crippen LogP contribution < -0.4 is 10.6 Å². The number of benzene rings is 2. The molecule has 0 bridgehead atoms. The van der Waals surface area contributed by atoms with Crippen LogP contribution in [0.5, 0.6) is 0 Å². The fourth-order valence-electron chi connectivity index (χ4n) is 4.13. The van der Waals surface area contributed by atoms with Gasteiger partial charge >= 0.3 is 0 Å².